The summed E-state index contributed by atoms with van der Waals surface area (Å²) in [5.41, 5.74) is 5.39. The van der Waals surface area contributed by atoms with Gasteiger partial charge in [0.15, 0.2) is 0 Å². The second kappa shape index (κ2) is 7.24. The van der Waals surface area contributed by atoms with Crippen LogP contribution in [-0.2, 0) is 9.59 Å². The van der Waals surface area contributed by atoms with Crippen molar-refractivity contribution in [3.63, 3.8) is 0 Å². The number of ether oxygens (including phenoxy) is 1. The highest BCUT2D eigenvalue weighted by Crippen LogP contribution is 2.23. The van der Waals surface area contributed by atoms with Gasteiger partial charge in [0.2, 0.25) is 11.8 Å². The van der Waals surface area contributed by atoms with E-state index < -0.39 is 11.9 Å². The van der Waals surface area contributed by atoms with Crippen LogP contribution >= 0.6 is 0 Å². The molecule has 0 bridgehead atoms. The molecule has 1 aliphatic heterocycles. The van der Waals surface area contributed by atoms with Crippen LogP contribution in [0.4, 0.5) is 4.39 Å². The largest absolute Gasteiger partial charge is 0.493 e. The van der Waals surface area contributed by atoms with Crippen molar-refractivity contribution < 1.29 is 18.7 Å². The average Bonchev–Trinajstić information content (AvgIpc) is 2.47. The molecule has 120 valence electrons. The van der Waals surface area contributed by atoms with Gasteiger partial charge in [0.05, 0.1) is 13.0 Å². The molecule has 1 aliphatic rings. The molecule has 1 aromatic rings. The van der Waals surface area contributed by atoms with E-state index in [2.05, 4.69) is 0 Å². The third kappa shape index (κ3) is 4.19. The standard InChI is InChI=1S/C16H21FN2O3/c1-11-5-7-19(14(9-11)16(18)21)15(20)6-8-22-13-4-2-3-12(17)10-13/h2-4,10-11,14H,5-9H2,1H3,(H2,18,21)/t11-,14+/m0/s1. The number of carbonyl (C=O) groups is 2. The molecular formula is C16H21FN2O3. The molecule has 2 rings (SSSR count). The van der Waals surface area contributed by atoms with Crippen LogP contribution in [0.5, 0.6) is 5.75 Å². The molecule has 1 saturated heterocycles. The molecular weight excluding hydrogens is 287 g/mol. The molecule has 2 atom stereocenters. The number of nitrogens with two attached hydrogens (primary N) is 1. The molecule has 2 N–H and O–H groups in total. The number of likely N-dealkylation sites (tertiary alicyclic amines) is 1. The number of rotatable bonds is 5. The van der Waals surface area contributed by atoms with Gasteiger partial charge in [-0.05, 0) is 30.9 Å². The molecule has 1 aromatic carbocycles. The van der Waals surface area contributed by atoms with Gasteiger partial charge in [-0.25, -0.2) is 4.39 Å². The van der Waals surface area contributed by atoms with Gasteiger partial charge in [0.1, 0.15) is 17.6 Å². The van der Waals surface area contributed by atoms with Gasteiger partial charge in [0.25, 0.3) is 0 Å². The maximum absolute atomic E-state index is 13.0. The normalized spacial score (nSPS) is 21.5. The van der Waals surface area contributed by atoms with Crippen molar-refractivity contribution in [3.8, 4) is 5.75 Å². The number of carbonyl (C=O) groups excluding carboxylic acids is 2. The van der Waals surface area contributed by atoms with E-state index in [-0.39, 0.29) is 24.8 Å². The van der Waals surface area contributed by atoms with Crippen molar-refractivity contribution in [1.82, 2.24) is 4.90 Å². The number of hydrogen-bond acceptors (Lipinski definition) is 3. The summed E-state index contributed by atoms with van der Waals surface area (Å²) in [6.07, 6.45) is 1.60. The van der Waals surface area contributed by atoms with Crippen LogP contribution in [0.1, 0.15) is 26.2 Å². The third-order valence-corrected chi connectivity index (χ3v) is 3.89. The van der Waals surface area contributed by atoms with Crippen LogP contribution in [0.15, 0.2) is 24.3 Å². The Balaban J connectivity index is 1.87. The smallest absolute Gasteiger partial charge is 0.240 e. The van der Waals surface area contributed by atoms with Crippen molar-refractivity contribution in [2.75, 3.05) is 13.2 Å². The van der Waals surface area contributed by atoms with Gasteiger partial charge in [-0.2, -0.15) is 0 Å². The first-order valence-electron chi connectivity index (χ1n) is 7.44. The highest BCUT2D eigenvalue weighted by Gasteiger charge is 2.33. The number of amides is 2. The van der Waals surface area contributed by atoms with Crippen molar-refractivity contribution in [1.29, 1.82) is 0 Å². The van der Waals surface area contributed by atoms with Gasteiger partial charge < -0.3 is 15.4 Å². The monoisotopic (exact) mass is 308 g/mol. The number of halogens is 1. The average molecular weight is 308 g/mol. The highest BCUT2D eigenvalue weighted by molar-refractivity contribution is 5.86. The summed E-state index contributed by atoms with van der Waals surface area (Å²) in [5.74, 6) is -0.252. The lowest BCUT2D eigenvalue weighted by Gasteiger charge is -2.36. The van der Waals surface area contributed by atoms with Crippen LogP contribution in [0.25, 0.3) is 0 Å². The fourth-order valence-electron chi connectivity index (χ4n) is 2.67. The predicted molar refractivity (Wildman–Crippen MR) is 79.6 cm³/mol. The lowest BCUT2D eigenvalue weighted by Crippen LogP contribution is -2.52. The van der Waals surface area contributed by atoms with Crippen molar-refractivity contribution in [2.24, 2.45) is 11.7 Å². The van der Waals surface area contributed by atoms with Crippen molar-refractivity contribution in [2.45, 2.75) is 32.2 Å². The summed E-state index contributed by atoms with van der Waals surface area (Å²) in [6, 6.07) is 5.22. The third-order valence-electron chi connectivity index (χ3n) is 3.89. The van der Waals surface area contributed by atoms with Crippen molar-refractivity contribution in [3.05, 3.63) is 30.1 Å². The van der Waals surface area contributed by atoms with E-state index in [1.807, 2.05) is 6.92 Å². The predicted octanol–water partition coefficient (Wildman–Crippen LogP) is 1.71. The highest BCUT2D eigenvalue weighted by atomic mass is 19.1. The van der Waals surface area contributed by atoms with Gasteiger partial charge >= 0.3 is 0 Å². The maximum atomic E-state index is 13.0. The van der Waals surface area contributed by atoms with Crippen molar-refractivity contribution >= 4 is 11.8 Å². The summed E-state index contributed by atoms with van der Waals surface area (Å²) in [6.45, 7) is 2.72. The summed E-state index contributed by atoms with van der Waals surface area (Å²) in [4.78, 5) is 25.3. The van der Waals surface area contributed by atoms with Crippen LogP contribution < -0.4 is 10.5 Å². The topological polar surface area (TPSA) is 72.6 Å². The van der Waals surface area contributed by atoms with Crippen LogP contribution in [-0.4, -0.2) is 35.9 Å². The lowest BCUT2D eigenvalue weighted by atomic mass is 9.92. The second-order valence-corrected chi connectivity index (χ2v) is 5.69. The molecule has 0 spiro atoms. The first-order valence-corrected chi connectivity index (χ1v) is 7.44. The molecule has 0 unspecified atom stereocenters. The van der Waals surface area contributed by atoms with Crippen LogP contribution in [0.3, 0.4) is 0 Å². The summed E-state index contributed by atoms with van der Waals surface area (Å²) in [7, 11) is 0. The SMILES string of the molecule is C[C@H]1CCN(C(=O)CCOc2cccc(F)c2)[C@@H](C(N)=O)C1. The Labute approximate surface area is 129 Å². The Morgan fingerprint density at radius 2 is 2.23 bits per heavy atom. The number of nitrogens with zero attached hydrogens (tertiary/aromatic N) is 1. The fraction of sp³-hybridized carbons (Fsp3) is 0.500. The van der Waals surface area contributed by atoms with E-state index in [1.54, 1.807) is 12.1 Å². The number of primary amides is 1. The summed E-state index contributed by atoms with van der Waals surface area (Å²) < 4.78 is 18.4. The number of piperidine rings is 1. The molecule has 6 heteroatoms. The van der Waals surface area contributed by atoms with E-state index in [9.17, 15) is 14.0 Å². The van der Waals surface area contributed by atoms with E-state index in [1.165, 1.54) is 17.0 Å². The first-order chi connectivity index (χ1) is 10.5. The lowest BCUT2D eigenvalue weighted by molar-refractivity contribution is -0.142. The second-order valence-electron chi connectivity index (χ2n) is 5.69. The fourth-order valence-corrected chi connectivity index (χ4v) is 2.67. The zero-order valence-electron chi connectivity index (χ0n) is 12.6. The Kier molecular flexibility index (Phi) is 5.35. The molecule has 0 aliphatic carbocycles. The minimum absolute atomic E-state index is 0.134. The molecule has 5 nitrogen and oxygen atoms in total. The number of hydrogen-bond donors (Lipinski definition) is 1. The molecule has 1 fully saturated rings. The zero-order valence-corrected chi connectivity index (χ0v) is 12.6. The summed E-state index contributed by atoms with van der Waals surface area (Å²) >= 11 is 0. The maximum Gasteiger partial charge on any atom is 0.240 e. The molecule has 0 saturated carbocycles. The Morgan fingerprint density at radius 3 is 2.91 bits per heavy atom. The molecule has 0 aromatic heterocycles. The van der Waals surface area contributed by atoms with E-state index in [4.69, 9.17) is 10.5 Å². The first kappa shape index (κ1) is 16.3. The van der Waals surface area contributed by atoms with Crippen LogP contribution in [0, 0.1) is 11.7 Å². The molecule has 2 amide bonds. The quantitative estimate of drug-likeness (QED) is 0.900. The Morgan fingerprint density at radius 1 is 1.45 bits per heavy atom. The van der Waals surface area contributed by atoms with E-state index in [0.29, 0.717) is 24.6 Å². The van der Waals surface area contributed by atoms with Gasteiger partial charge in [-0.15, -0.1) is 0 Å². The summed E-state index contributed by atoms with van der Waals surface area (Å²) in [5, 5.41) is 0. The molecule has 22 heavy (non-hydrogen) atoms. The molecule has 1 heterocycles. The van der Waals surface area contributed by atoms with Gasteiger partial charge in [-0.1, -0.05) is 13.0 Å². The number of benzene rings is 1. The Bertz CT molecular complexity index is 550. The molecule has 0 radical (unpaired) electrons. The van der Waals surface area contributed by atoms with E-state index in [0.717, 1.165) is 6.42 Å². The van der Waals surface area contributed by atoms with E-state index >= 15 is 0 Å². The van der Waals surface area contributed by atoms with Crippen LogP contribution in [0.2, 0.25) is 0 Å². The van der Waals surface area contributed by atoms with Gasteiger partial charge in [0, 0.05) is 12.6 Å². The van der Waals surface area contributed by atoms with Gasteiger partial charge in [-0.3, -0.25) is 9.59 Å². The minimum Gasteiger partial charge on any atom is -0.493 e. The zero-order chi connectivity index (χ0) is 16.1. The minimum atomic E-state index is -0.537. The Hall–Kier alpha value is -2.11.